The zero-order valence-electron chi connectivity index (χ0n) is 11.3. The van der Waals surface area contributed by atoms with Crippen molar-refractivity contribution in [2.24, 2.45) is 4.99 Å². The molecule has 2 aliphatic rings. The molecule has 0 spiro atoms. The van der Waals surface area contributed by atoms with Crippen LogP contribution in [0.5, 0.6) is 11.5 Å². The maximum atomic E-state index is 13.5. The third-order valence-corrected chi connectivity index (χ3v) is 3.67. The van der Waals surface area contributed by atoms with Gasteiger partial charge in [-0.3, -0.25) is 9.79 Å². The Hall–Kier alpha value is -2.11. The second-order valence-electron chi connectivity index (χ2n) is 4.86. The summed E-state index contributed by atoms with van der Waals surface area (Å²) in [4.78, 5) is 18.3. The molecule has 0 radical (unpaired) electrons. The normalized spacial score (nSPS) is 24.1. The van der Waals surface area contributed by atoms with Crippen molar-refractivity contribution in [2.75, 3.05) is 20.8 Å². The van der Waals surface area contributed by atoms with Gasteiger partial charge in [0.25, 0.3) is 5.91 Å². The number of ether oxygens (including phenoxy) is 2. The summed E-state index contributed by atoms with van der Waals surface area (Å²) in [6.07, 6.45) is 0.948. The van der Waals surface area contributed by atoms with Crippen molar-refractivity contribution in [3.8, 4) is 11.5 Å². The van der Waals surface area contributed by atoms with Crippen LogP contribution in [0.4, 0.5) is 10.1 Å². The van der Waals surface area contributed by atoms with Crippen molar-refractivity contribution < 1.29 is 18.7 Å². The van der Waals surface area contributed by atoms with Crippen LogP contribution < -0.4 is 9.47 Å². The van der Waals surface area contributed by atoms with Crippen molar-refractivity contribution in [1.29, 1.82) is 0 Å². The number of aliphatic imine (C=N–C) groups is 1. The highest BCUT2D eigenvalue weighted by molar-refractivity contribution is 6.03. The van der Waals surface area contributed by atoms with E-state index in [4.69, 9.17) is 9.47 Å². The van der Waals surface area contributed by atoms with E-state index in [2.05, 4.69) is 4.99 Å². The standard InChI is InChI=1S/C14H15FN2O3/c1-19-12-4-10-11(5-13(12)20-2)16-6-9-3-8(15)7-17(9)14(10)18/h4-6,8-9H,3,7H2,1-2H3/t8-,9-/m0/s1. The Kier molecular flexibility index (Phi) is 3.08. The highest BCUT2D eigenvalue weighted by Gasteiger charge is 2.37. The molecule has 0 saturated carbocycles. The molecule has 106 valence electrons. The van der Waals surface area contributed by atoms with E-state index < -0.39 is 6.17 Å². The summed E-state index contributed by atoms with van der Waals surface area (Å²) < 4.78 is 23.9. The number of carbonyl (C=O) groups is 1. The second-order valence-corrected chi connectivity index (χ2v) is 4.86. The molecule has 1 fully saturated rings. The number of amides is 1. The van der Waals surface area contributed by atoms with Crippen LogP contribution in [0, 0.1) is 0 Å². The lowest BCUT2D eigenvalue weighted by molar-refractivity contribution is 0.0765. The number of nitrogens with zero attached hydrogens (tertiary/aromatic N) is 2. The van der Waals surface area contributed by atoms with Gasteiger partial charge >= 0.3 is 0 Å². The van der Waals surface area contributed by atoms with Crippen LogP contribution in [0.15, 0.2) is 17.1 Å². The predicted octanol–water partition coefficient (Wildman–Crippen LogP) is 1.97. The number of methoxy groups -OCH3 is 2. The highest BCUT2D eigenvalue weighted by Crippen LogP contribution is 2.37. The summed E-state index contributed by atoms with van der Waals surface area (Å²) >= 11 is 0. The van der Waals surface area contributed by atoms with Crippen LogP contribution in [0.2, 0.25) is 0 Å². The van der Waals surface area contributed by atoms with Crippen LogP contribution in [0.25, 0.3) is 0 Å². The molecule has 3 rings (SSSR count). The molecule has 0 aliphatic carbocycles. The molecule has 1 aromatic carbocycles. The maximum absolute atomic E-state index is 13.5. The fourth-order valence-electron chi connectivity index (χ4n) is 2.65. The van der Waals surface area contributed by atoms with Crippen LogP contribution >= 0.6 is 0 Å². The van der Waals surface area contributed by atoms with E-state index in [0.717, 1.165) is 0 Å². The Morgan fingerprint density at radius 1 is 1.30 bits per heavy atom. The maximum Gasteiger partial charge on any atom is 0.256 e. The lowest BCUT2D eigenvalue weighted by Gasteiger charge is -2.20. The quantitative estimate of drug-likeness (QED) is 0.831. The predicted molar refractivity (Wildman–Crippen MR) is 72.0 cm³/mol. The zero-order valence-corrected chi connectivity index (χ0v) is 11.3. The van der Waals surface area contributed by atoms with E-state index in [9.17, 15) is 9.18 Å². The number of hydrogen-bond donors (Lipinski definition) is 0. The van der Waals surface area contributed by atoms with Crippen LogP contribution in [0.1, 0.15) is 16.8 Å². The van der Waals surface area contributed by atoms with Crippen molar-refractivity contribution in [3.05, 3.63) is 17.7 Å². The summed E-state index contributed by atoms with van der Waals surface area (Å²) in [6.45, 7) is 0.114. The highest BCUT2D eigenvalue weighted by atomic mass is 19.1. The Labute approximate surface area is 116 Å². The van der Waals surface area contributed by atoms with E-state index in [1.54, 1.807) is 18.3 Å². The first-order valence-corrected chi connectivity index (χ1v) is 6.39. The van der Waals surface area contributed by atoms with Gasteiger partial charge in [0.05, 0.1) is 38.1 Å². The Bertz CT molecular complexity index is 588. The first-order valence-electron chi connectivity index (χ1n) is 6.39. The Balaban J connectivity index is 2.08. The molecule has 6 heteroatoms. The molecule has 0 aromatic heterocycles. The molecule has 0 unspecified atom stereocenters. The third-order valence-electron chi connectivity index (χ3n) is 3.67. The lowest BCUT2D eigenvalue weighted by Crippen LogP contribution is -2.35. The van der Waals surface area contributed by atoms with Gasteiger partial charge in [-0.15, -0.1) is 0 Å². The van der Waals surface area contributed by atoms with Gasteiger partial charge in [0.1, 0.15) is 6.17 Å². The summed E-state index contributed by atoms with van der Waals surface area (Å²) in [5.74, 6) is 0.759. The summed E-state index contributed by atoms with van der Waals surface area (Å²) in [6, 6.07) is 2.99. The number of rotatable bonds is 2. The van der Waals surface area contributed by atoms with E-state index in [1.165, 1.54) is 19.1 Å². The van der Waals surface area contributed by atoms with Crippen molar-refractivity contribution in [1.82, 2.24) is 4.90 Å². The van der Waals surface area contributed by atoms with Gasteiger partial charge in [-0.2, -0.15) is 0 Å². The molecule has 5 nitrogen and oxygen atoms in total. The molecule has 2 atom stereocenters. The summed E-state index contributed by atoms with van der Waals surface area (Å²) in [5.41, 5.74) is 0.938. The minimum atomic E-state index is -0.989. The van der Waals surface area contributed by atoms with Crippen LogP contribution in [-0.2, 0) is 0 Å². The number of fused-ring (bicyclic) bond motifs is 2. The minimum Gasteiger partial charge on any atom is -0.493 e. The van der Waals surface area contributed by atoms with Crippen molar-refractivity contribution in [3.63, 3.8) is 0 Å². The molecule has 1 amide bonds. The first kappa shape index (κ1) is 12.9. The fraction of sp³-hybridized carbons (Fsp3) is 0.429. The van der Waals surface area contributed by atoms with Gasteiger partial charge in [0, 0.05) is 18.7 Å². The molecule has 20 heavy (non-hydrogen) atoms. The largest absolute Gasteiger partial charge is 0.493 e. The number of carbonyl (C=O) groups excluding carboxylic acids is 1. The number of hydrogen-bond acceptors (Lipinski definition) is 4. The zero-order chi connectivity index (χ0) is 14.3. The smallest absolute Gasteiger partial charge is 0.256 e. The summed E-state index contributed by atoms with van der Waals surface area (Å²) in [5, 5.41) is 0. The van der Waals surface area contributed by atoms with Gasteiger partial charge < -0.3 is 14.4 Å². The average Bonchev–Trinajstić information content (AvgIpc) is 2.79. The van der Waals surface area contributed by atoms with Gasteiger partial charge in [0.2, 0.25) is 0 Å². The number of benzene rings is 1. The van der Waals surface area contributed by atoms with E-state index in [0.29, 0.717) is 29.2 Å². The average molecular weight is 278 g/mol. The number of halogens is 1. The molecule has 2 aliphatic heterocycles. The topological polar surface area (TPSA) is 51.1 Å². The van der Waals surface area contributed by atoms with Gasteiger partial charge in [-0.25, -0.2) is 4.39 Å². The SMILES string of the molecule is COc1cc2c(cc1OC)C(=O)N1C[C@@H](F)C[C@H]1C=N2. The summed E-state index contributed by atoms with van der Waals surface area (Å²) in [7, 11) is 3.03. The van der Waals surface area contributed by atoms with E-state index in [-0.39, 0.29) is 18.5 Å². The van der Waals surface area contributed by atoms with Crippen molar-refractivity contribution >= 4 is 17.8 Å². The van der Waals surface area contributed by atoms with Gasteiger partial charge in [-0.05, 0) is 6.07 Å². The molecular formula is C14H15FN2O3. The molecule has 1 saturated heterocycles. The van der Waals surface area contributed by atoms with E-state index in [1.807, 2.05) is 0 Å². The minimum absolute atomic E-state index is 0.114. The number of alkyl halides is 1. The van der Waals surface area contributed by atoms with Gasteiger partial charge in [0.15, 0.2) is 11.5 Å². The van der Waals surface area contributed by atoms with Gasteiger partial charge in [-0.1, -0.05) is 0 Å². The molecule has 1 aromatic rings. The van der Waals surface area contributed by atoms with Crippen LogP contribution in [-0.4, -0.2) is 50.0 Å². The third kappa shape index (κ3) is 1.92. The Morgan fingerprint density at radius 2 is 2.00 bits per heavy atom. The second kappa shape index (κ2) is 4.77. The monoisotopic (exact) mass is 278 g/mol. The van der Waals surface area contributed by atoms with Crippen LogP contribution in [0.3, 0.4) is 0 Å². The molecular weight excluding hydrogens is 263 g/mol. The van der Waals surface area contributed by atoms with Crippen molar-refractivity contribution in [2.45, 2.75) is 18.6 Å². The Morgan fingerprint density at radius 3 is 2.70 bits per heavy atom. The lowest BCUT2D eigenvalue weighted by atomic mass is 10.1. The fourth-order valence-corrected chi connectivity index (χ4v) is 2.65. The molecule has 0 N–H and O–H groups in total. The van der Waals surface area contributed by atoms with E-state index >= 15 is 0 Å². The first-order chi connectivity index (χ1) is 9.63. The molecule has 2 heterocycles. The molecule has 0 bridgehead atoms.